The minimum atomic E-state index is 0.302. The smallest absolute Gasteiger partial charge is 0.0558 e. The molecule has 0 spiro atoms. The summed E-state index contributed by atoms with van der Waals surface area (Å²) < 4.78 is 0. The number of hydrogen-bond donors (Lipinski definition) is 2. The molecule has 0 radical (unpaired) electrons. The lowest BCUT2D eigenvalue weighted by Crippen LogP contribution is -2.44. The Labute approximate surface area is 125 Å². The van der Waals surface area contributed by atoms with Crippen molar-refractivity contribution >= 4 is 0 Å². The van der Waals surface area contributed by atoms with Gasteiger partial charge in [0.1, 0.15) is 0 Å². The molecular weight excluding hydrogens is 248 g/mol. The molecule has 2 aliphatic rings. The second-order valence-electron chi connectivity index (χ2n) is 7.18. The molecule has 2 fully saturated rings. The summed E-state index contributed by atoms with van der Waals surface area (Å²) in [5, 5.41) is 13.0. The Morgan fingerprint density at radius 2 is 1.95 bits per heavy atom. The molecule has 3 heteroatoms. The fraction of sp³-hybridized carbons (Fsp3) is 1.00. The molecule has 0 aromatic heterocycles. The molecule has 1 aliphatic heterocycles. The van der Waals surface area contributed by atoms with Gasteiger partial charge in [0.2, 0.25) is 0 Å². The molecule has 3 atom stereocenters. The first-order valence-corrected chi connectivity index (χ1v) is 8.79. The predicted octanol–water partition coefficient (Wildman–Crippen LogP) is 2.64. The molecule has 1 aliphatic carbocycles. The predicted molar refractivity (Wildman–Crippen MR) is 84.9 cm³/mol. The number of nitrogens with zero attached hydrogens (tertiary/aromatic N) is 1. The van der Waals surface area contributed by atoms with Crippen LogP contribution in [0.3, 0.4) is 0 Å². The maximum atomic E-state index is 9.39. The van der Waals surface area contributed by atoms with E-state index in [1.165, 1.54) is 51.5 Å². The van der Waals surface area contributed by atoms with E-state index >= 15 is 0 Å². The number of aliphatic hydroxyl groups excluding tert-OH is 1. The summed E-state index contributed by atoms with van der Waals surface area (Å²) >= 11 is 0. The fourth-order valence-corrected chi connectivity index (χ4v) is 4.09. The van der Waals surface area contributed by atoms with Crippen molar-refractivity contribution in [3.63, 3.8) is 0 Å². The van der Waals surface area contributed by atoms with Gasteiger partial charge in [0, 0.05) is 25.2 Å². The van der Waals surface area contributed by atoms with Gasteiger partial charge in [-0.25, -0.2) is 0 Å². The Morgan fingerprint density at radius 3 is 2.60 bits per heavy atom. The number of hydrogen-bond acceptors (Lipinski definition) is 3. The highest BCUT2D eigenvalue weighted by Crippen LogP contribution is 2.31. The fourth-order valence-electron chi connectivity index (χ4n) is 4.09. The van der Waals surface area contributed by atoms with Crippen molar-refractivity contribution in [2.75, 3.05) is 26.2 Å². The normalized spacial score (nSPS) is 31.9. The minimum Gasteiger partial charge on any atom is -0.395 e. The Balaban J connectivity index is 1.87. The van der Waals surface area contributed by atoms with Gasteiger partial charge >= 0.3 is 0 Å². The van der Waals surface area contributed by atoms with Gasteiger partial charge in [0.05, 0.1) is 6.61 Å². The Morgan fingerprint density at radius 1 is 1.10 bits per heavy atom. The lowest BCUT2D eigenvalue weighted by atomic mass is 9.89. The molecule has 20 heavy (non-hydrogen) atoms. The third kappa shape index (κ3) is 4.71. The molecule has 3 unspecified atom stereocenters. The number of aliphatic hydroxyl groups is 1. The zero-order chi connectivity index (χ0) is 14.4. The molecular formula is C17H34N2O. The molecule has 3 nitrogen and oxygen atoms in total. The third-order valence-electron chi connectivity index (χ3n) is 5.45. The molecule has 0 aromatic rings. The van der Waals surface area contributed by atoms with Gasteiger partial charge in [-0.15, -0.1) is 0 Å². The van der Waals surface area contributed by atoms with E-state index in [0.717, 1.165) is 24.9 Å². The quantitative estimate of drug-likeness (QED) is 0.735. The van der Waals surface area contributed by atoms with Gasteiger partial charge in [-0.2, -0.15) is 0 Å². The van der Waals surface area contributed by atoms with Crippen LogP contribution in [0.25, 0.3) is 0 Å². The van der Waals surface area contributed by atoms with Gasteiger partial charge in [-0.05, 0) is 50.5 Å². The summed E-state index contributed by atoms with van der Waals surface area (Å²) in [4.78, 5) is 2.58. The molecule has 1 saturated heterocycles. The van der Waals surface area contributed by atoms with Crippen molar-refractivity contribution in [2.24, 2.45) is 11.8 Å². The SMILES string of the molecule is CC(C)C1CCCC(N(CCO)CC2CCCN2)CC1. The highest BCUT2D eigenvalue weighted by Gasteiger charge is 2.27. The van der Waals surface area contributed by atoms with Crippen LogP contribution in [0.4, 0.5) is 0 Å². The van der Waals surface area contributed by atoms with E-state index in [2.05, 4.69) is 24.1 Å². The summed E-state index contributed by atoms with van der Waals surface area (Å²) in [6.07, 6.45) is 9.44. The van der Waals surface area contributed by atoms with E-state index in [9.17, 15) is 5.11 Å². The topological polar surface area (TPSA) is 35.5 Å². The van der Waals surface area contributed by atoms with Crippen LogP contribution in [0, 0.1) is 11.8 Å². The van der Waals surface area contributed by atoms with E-state index in [4.69, 9.17) is 0 Å². The van der Waals surface area contributed by atoms with Crippen LogP contribution in [-0.2, 0) is 0 Å². The maximum absolute atomic E-state index is 9.39. The van der Waals surface area contributed by atoms with Crippen molar-refractivity contribution in [3.05, 3.63) is 0 Å². The van der Waals surface area contributed by atoms with Crippen LogP contribution < -0.4 is 5.32 Å². The van der Waals surface area contributed by atoms with Crippen LogP contribution in [0.5, 0.6) is 0 Å². The van der Waals surface area contributed by atoms with Crippen molar-refractivity contribution in [3.8, 4) is 0 Å². The first-order valence-electron chi connectivity index (χ1n) is 8.79. The highest BCUT2D eigenvalue weighted by molar-refractivity contribution is 4.84. The van der Waals surface area contributed by atoms with Gasteiger partial charge in [-0.3, -0.25) is 4.90 Å². The third-order valence-corrected chi connectivity index (χ3v) is 5.45. The maximum Gasteiger partial charge on any atom is 0.0558 e. The summed E-state index contributed by atoms with van der Waals surface area (Å²) in [6.45, 7) is 8.22. The molecule has 2 rings (SSSR count). The van der Waals surface area contributed by atoms with Crippen LogP contribution in [0.1, 0.15) is 58.8 Å². The van der Waals surface area contributed by atoms with Crippen molar-refractivity contribution in [1.82, 2.24) is 10.2 Å². The van der Waals surface area contributed by atoms with Gasteiger partial charge in [-0.1, -0.05) is 26.7 Å². The molecule has 0 bridgehead atoms. The van der Waals surface area contributed by atoms with Gasteiger partial charge in [0.25, 0.3) is 0 Å². The Hall–Kier alpha value is -0.120. The Bertz CT molecular complexity index is 264. The van der Waals surface area contributed by atoms with Crippen LogP contribution >= 0.6 is 0 Å². The zero-order valence-electron chi connectivity index (χ0n) is 13.5. The van der Waals surface area contributed by atoms with Gasteiger partial charge < -0.3 is 10.4 Å². The lowest BCUT2D eigenvalue weighted by Gasteiger charge is -2.33. The summed E-state index contributed by atoms with van der Waals surface area (Å²) in [5.41, 5.74) is 0. The molecule has 2 N–H and O–H groups in total. The van der Waals surface area contributed by atoms with E-state index in [0.29, 0.717) is 18.7 Å². The molecule has 118 valence electrons. The van der Waals surface area contributed by atoms with Crippen molar-refractivity contribution in [2.45, 2.75) is 70.9 Å². The molecule has 0 amide bonds. The van der Waals surface area contributed by atoms with Crippen molar-refractivity contribution in [1.29, 1.82) is 0 Å². The number of nitrogens with one attached hydrogen (secondary N) is 1. The molecule has 1 saturated carbocycles. The van der Waals surface area contributed by atoms with Crippen LogP contribution in [-0.4, -0.2) is 48.3 Å². The summed E-state index contributed by atoms with van der Waals surface area (Å²) in [6, 6.07) is 1.36. The average Bonchev–Trinajstić information content (AvgIpc) is 2.80. The van der Waals surface area contributed by atoms with Gasteiger partial charge in [0.15, 0.2) is 0 Å². The largest absolute Gasteiger partial charge is 0.395 e. The first kappa shape index (κ1) is 16.3. The average molecular weight is 282 g/mol. The second kappa shape index (κ2) is 8.35. The number of rotatable bonds is 6. The summed E-state index contributed by atoms with van der Waals surface area (Å²) in [7, 11) is 0. The second-order valence-corrected chi connectivity index (χ2v) is 7.18. The summed E-state index contributed by atoms with van der Waals surface area (Å²) in [5.74, 6) is 1.75. The first-order chi connectivity index (χ1) is 9.70. The van der Waals surface area contributed by atoms with E-state index in [1.807, 2.05) is 0 Å². The lowest BCUT2D eigenvalue weighted by molar-refractivity contribution is 0.128. The Kier molecular flexibility index (Phi) is 6.79. The van der Waals surface area contributed by atoms with Crippen molar-refractivity contribution < 1.29 is 5.11 Å². The van der Waals surface area contributed by atoms with E-state index < -0.39 is 0 Å². The monoisotopic (exact) mass is 282 g/mol. The zero-order valence-corrected chi connectivity index (χ0v) is 13.5. The minimum absolute atomic E-state index is 0.302. The standard InChI is InChI=1S/C17H34N2O/c1-14(2)15-5-3-7-17(9-8-15)19(11-12-20)13-16-6-4-10-18-16/h14-18,20H,3-13H2,1-2H3. The van der Waals surface area contributed by atoms with E-state index in [1.54, 1.807) is 0 Å². The molecule has 0 aromatic carbocycles. The van der Waals surface area contributed by atoms with Crippen LogP contribution in [0.2, 0.25) is 0 Å². The van der Waals surface area contributed by atoms with Crippen LogP contribution in [0.15, 0.2) is 0 Å². The highest BCUT2D eigenvalue weighted by atomic mass is 16.3. The van der Waals surface area contributed by atoms with E-state index in [-0.39, 0.29) is 0 Å². The molecule has 1 heterocycles.